The molecule has 0 saturated heterocycles. The molecular weight excluding hydrogens is 656 g/mol. The van der Waals surface area contributed by atoms with Gasteiger partial charge in [-0.25, -0.2) is 4.98 Å². The summed E-state index contributed by atoms with van der Waals surface area (Å²) in [6.45, 7) is 0.391. The molecule has 3 aromatic carbocycles. The predicted octanol–water partition coefficient (Wildman–Crippen LogP) is 8.56. The van der Waals surface area contributed by atoms with Crippen molar-refractivity contribution in [1.82, 2.24) is 20.1 Å². The van der Waals surface area contributed by atoms with Gasteiger partial charge in [-0.2, -0.15) is 5.10 Å². The number of carbonyl (C=O) groups is 1. The average Bonchev–Trinajstić information content (AvgIpc) is 3.45. The molecule has 214 valence electrons. The number of amides is 1. The van der Waals surface area contributed by atoms with E-state index in [4.69, 9.17) is 28.2 Å². The molecule has 0 unspecified atom stereocenters. The maximum Gasteiger partial charge on any atom is 0.573 e. The second kappa shape index (κ2) is 12.6. The molecule has 5 aromatic rings. The zero-order valence-corrected chi connectivity index (χ0v) is 24.6. The third-order valence-electron chi connectivity index (χ3n) is 6.19. The molecule has 0 aliphatic heterocycles. The van der Waals surface area contributed by atoms with Crippen LogP contribution in [-0.2, 0) is 13.1 Å². The molecule has 0 spiro atoms. The Morgan fingerprint density at radius 3 is 2.36 bits per heavy atom. The molecule has 0 radical (unpaired) electrons. The topological polar surface area (TPSA) is 69.0 Å². The Labute approximate surface area is 257 Å². The van der Waals surface area contributed by atoms with Crippen LogP contribution in [0.1, 0.15) is 21.6 Å². The van der Waals surface area contributed by atoms with E-state index in [0.717, 1.165) is 27.7 Å². The van der Waals surface area contributed by atoms with Gasteiger partial charge in [0.2, 0.25) is 0 Å². The molecule has 0 aliphatic rings. The van der Waals surface area contributed by atoms with Crippen molar-refractivity contribution >= 4 is 45.0 Å². The van der Waals surface area contributed by atoms with E-state index in [2.05, 4.69) is 31.1 Å². The van der Waals surface area contributed by atoms with Crippen molar-refractivity contribution in [2.45, 2.75) is 19.5 Å². The van der Waals surface area contributed by atoms with Crippen LogP contribution in [0.15, 0.2) is 95.7 Å². The van der Waals surface area contributed by atoms with Crippen LogP contribution in [0.25, 0.3) is 22.4 Å². The van der Waals surface area contributed by atoms with Gasteiger partial charge < -0.3 is 10.1 Å². The van der Waals surface area contributed by atoms with Crippen LogP contribution in [0.2, 0.25) is 10.0 Å². The van der Waals surface area contributed by atoms with Gasteiger partial charge in [-0.3, -0.25) is 9.48 Å². The zero-order chi connectivity index (χ0) is 29.9. The summed E-state index contributed by atoms with van der Waals surface area (Å²) in [7, 11) is 0. The minimum atomic E-state index is -4.82. The van der Waals surface area contributed by atoms with Gasteiger partial charge in [0.05, 0.1) is 17.9 Å². The Hall–Kier alpha value is -3.86. The van der Waals surface area contributed by atoms with Crippen molar-refractivity contribution in [3.63, 3.8) is 0 Å². The van der Waals surface area contributed by atoms with Gasteiger partial charge in [-0.1, -0.05) is 57.3 Å². The first-order valence-corrected chi connectivity index (χ1v) is 14.0. The number of alkyl halides is 3. The molecular formula is C30H20BrCl2F3N4O2. The Kier molecular flexibility index (Phi) is 8.86. The van der Waals surface area contributed by atoms with Crippen molar-refractivity contribution in [2.75, 3.05) is 0 Å². The number of pyridine rings is 1. The van der Waals surface area contributed by atoms with Crippen molar-refractivity contribution in [3.8, 4) is 28.1 Å². The van der Waals surface area contributed by atoms with Crippen LogP contribution in [0.3, 0.4) is 0 Å². The van der Waals surface area contributed by atoms with Gasteiger partial charge in [0.1, 0.15) is 5.75 Å². The largest absolute Gasteiger partial charge is 0.573 e. The lowest BCUT2D eigenvalue weighted by Gasteiger charge is -2.18. The third kappa shape index (κ3) is 7.31. The molecule has 0 bridgehead atoms. The van der Waals surface area contributed by atoms with Crippen LogP contribution in [0, 0.1) is 0 Å². The van der Waals surface area contributed by atoms with Crippen LogP contribution >= 0.6 is 39.1 Å². The molecule has 5 rings (SSSR count). The maximum absolute atomic E-state index is 13.0. The predicted molar refractivity (Wildman–Crippen MR) is 158 cm³/mol. The van der Waals surface area contributed by atoms with Crippen LogP contribution < -0.4 is 10.1 Å². The first-order valence-electron chi connectivity index (χ1n) is 12.4. The van der Waals surface area contributed by atoms with E-state index < -0.39 is 18.0 Å². The highest BCUT2D eigenvalue weighted by Crippen LogP contribution is 2.38. The molecule has 0 atom stereocenters. The highest BCUT2D eigenvalue weighted by atomic mass is 79.9. The number of ether oxygens (including phenoxy) is 1. The Balaban J connectivity index is 1.53. The minimum absolute atomic E-state index is 0.0715. The smallest absolute Gasteiger partial charge is 0.406 e. The van der Waals surface area contributed by atoms with Gasteiger partial charge in [0, 0.05) is 55.7 Å². The number of nitrogens with zero attached hydrogens (tertiary/aromatic N) is 3. The molecule has 0 fully saturated rings. The van der Waals surface area contributed by atoms with Gasteiger partial charge >= 0.3 is 6.36 Å². The number of halogens is 6. The molecule has 1 amide bonds. The van der Waals surface area contributed by atoms with Crippen molar-refractivity contribution in [3.05, 3.63) is 123 Å². The SMILES string of the molecule is O=C(NCc1cc(-c2ccc(Cl)cc2Cl)c(-c2ccc(Br)cc2)nc1Cn1cccn1)c1ccc(OC(F)(F)F)cc1. The molecule has 0 saturated carbocycles. The highest BCUT2D eigenvalue weighted by Gasteiger charge is 2.31. The summed E-state index contributed by atoms with van der Waals surface area (Å²) < 4.78 is 44.0. The highest BCUT2D eigenvalue weighted by molar-refractivity contribution is 9.10. The minimum Gasteiger partial charge on any atom is -0.406 e. The molecule has 42 heavy (non-hydrogen) atoms. The number of aromatic nitrogens is 3. The normalized spacial score (nSPS) is 11.4. The lowest BCUT2D eigenvalue weighted by molar-refractivity contribution is -0.274. The summed E-state index contributed by atoms with van der Waals surface area (Å²) >= 11 is 16.3. The molecule has 0 aliphatic carbocycles. The second-order valence-electron chi connectivity index (χ2n) is 9.08. The summed E-state index contributed by atoms with van der Waals surface area (Å²) in [5.74, 6) is -0.903. The Morgan fingerprint density at radius 2 is 1.71 bits per heavy atom. The maximum atomic E-state index is 13.0. The summed E-state index contributed by atoms with van der Waals surface area (Å²) in [5.41, 5.74) is 4.45. The number of nitrogens with one attached hydrogen (secondary N) is 1. The third-order valence-corrected chi connectivity index (χ3v) is 7.27. The summed E-state index contributed by atoms with van der Waals surface area (Å²) in [4.78, 5) is 18.0. The lowest BCUT2D eigenvalue weighted by Crippen LogP contribution is -2.24. The van der Waals surface area contributed by atoms with Crippen LogP contribution in [0.4, 0.5) is 13.2 Å². The standard InChI is InChI=1S/C30H20BrCl2F3N4O2/c31-21-6-2-18(3-7-21)28-25(24-11-8-22(32)15-26(24)33)14-20(27(39-28)17-40-13-1-12-38-40)16-37-29(41)19-4-9-23(10-5-19)42-30(34,35)36/h1-15H,16-17H2,(H,37,41). The Bertz CT molecular complexity index is 1710. The molecule has 2 heterocycles. The number of hydrogen-bond donors (Lipinski definition) is 1. The van der Waals surface area contributed by atoms with Crippen molar-refractivity contribution < 1.29 is 22.7 Å². The monoisotopic (exact) mass is 674 g/mol. The number of carbonyl (C=O) groups excluding carboxylic acids is 1. The first kappa shape index (κ1) is 29.6. The summed E-state index contributed by atoms with van der Waals surface area (Å²) in [6, 6.07) is 21.3. The number of benzene rings is 3. The fourth-order valence-electron chi connectivity index (χ4n) is 4.26. The van der Waals surface area contributed by atoms with E-state index in [-0.39, 0.29) is 12.1 Å². The molecule has 2 aromatic heterocycles. The van der Waals surface area contributed by atoms with Crippen molar-refractivity contribution in [1.29, 1.82) is 0 Å². The molecule has 12 heteroatoms. The van der Waals surface area contributed by atoms with Gasteiger partial charge in [-0.05, 0) is 66.2 Å². The fraction of sp³-hybridized carbons (Fsp3) is 0.100. The Morgan fingerprint density at radius 1 is 0.976 bits per heavy atom. The van der Waals surface area contributed by atoms with E-state index in [1.54, 1.807) is 35.3 Å². The van der Waals surface area contributed by atoms with Crippen molar-refractivity contribution in [2.24, 2.45) is 0 Å². The van der Waals surface area contributed by atoms with Gasteiger partial charge in [0.15, 0.2) is 0 Å². The number of hydrogen-bond acceptors (Lipinski definition) is 4. The quantitative estimate of drug-likeness (QED) is 0.179. The fourth-order valence-corrected chi connectivity index (χ4v) is 5.03. The zero-order valence-electron chi connectivity index (χ0n) is 21.5. The summed E-state index contributed by atoms with van der Waals surface area (Å²) in [6.07, 6.45) is -1.36. The van der Waals surface area contributed by atoms with E-state index in [0.29, 0.717) is 39.1 Å². The number of rotatable bonds is 8. The average molecular weight is 676 g/mol. The lowest BCUT2D eigenvalue weighted by atomic mass is 9.96. The van der Waals surface area contributed by atoms with Gasteiger partial charge in [-0.15, -0.1) is 13.2 Å². The van der Waals surface area contributed by atoms with E-state index in [1.165, 1.54) is 12.1 Å². The molecule has 1 N–H and O–H groups in total. The van der Waals surface area contributed by atoms with Crippen LogP contribution in [-0.4, -0.2) is 27.0 Å². The van der Waals surface area contributed by atoms with E-state index in [1.807, 2.05) is 36.4 Å². The van der Waals surface area contributed by atoms with E-state index in [9.17, 15) is 18.0 Å². The second-order valence-corrected chi connectivity index (χ2v) is 10.8. The summed E-state index contributed by atoms with van der Waals surface area (Å²) in [5, 5.41) is 8.06. The molecule has 6 nitrogen and oxygen atoms in total. The first-order chi connectivity index (χ1) is 20.1. The van der Waals surface area contributed by atoms with Gasteiger partial charge in [0.25, 0.3) is 5.91 Å². The van der Waals surface area contributed by atoms with Crippen LogP contribution in [0.5, 0.6) is 5.75 Å². The van der Waals surface area contributed by atoms with E-state index >= 15 is 0 Å².